The van der Waals surface area contributed by atoms with E-state index < -0.39 is 6.04 Å². The zero-order valence-corrected chi connectivity index (χ0v) is 5.57. The van der Waals surface area contributed by atoms with Crippen LogP contribution in [0.5, 0.6) is 0 Å². The molecule has 0 aliphatic heterocycles. The predicted molar refractivity (Wildman–Crippen MR) is 34.5 cm³/mol. The van der Waals surface area contributed by atoms with Crippen LogP contribution < -0.4 is 5.73 Å². The van der Waals surface area contributed by atoms with Gasteiger partial charge in [0.2, 0.25) is 5.78 Å². The first-order valence-electron chi connectivity index (χ1n) is 2.91. The monoisotopic (exact) mass is 140 g/mol. The normalized spacial score (nSPS) is 13.0. The summed E-state index contributed by atoms with van der Waals surface area (Å²) in [6.07, 6.45) is 2.76. The fraction of sp³-hybridized carbons (Fsp3) is 0.333. The molecule has 0 saturated heterocycles. The van der Waals surface area contributed by atoms with Gasteiger partial charge >= 0.3 is 0 Å². The molecular formula is C6H8N2O2. The standard InChI is InChI=1S/C6H8N2O2/c1-4(7)5(9)6-8-2-3-10-6/h2-4H,7H2,1H3/t4-/m0/s1. The van der Waals surface area contributed by atoms with Crippen LogP contribution in [0.2, 0.25) is 0 Å². The highest BCUT2D eigenvalue weighted by Gasteiger charge is 2.14. The summed E-state index contributed by atoms with van der Waals surface area (Å²) in [6, 6.07) is -0.543. The molecule has 2 N–H and O–H groups in total. The maximum atomic E-state index is 10.9. The van der Waals surface area contributed by atoms with Crippen molar-refractivity contribution in [3.63, 3.8) is 0 Å². The number of Topliss-reactive ketones (excluding diaryl/α,β-unsaturated/α-hetero) is 1. The van der Waals surface area contributed by atoms with Crippen molar-refractivity contribution in [1.29, 1.82) is 0 Å². The Labute approximate surface area is 58.0 Å². The smallest absolute Gasteiger partial charge is 0.264 e. The summed E-state index contributed by atoms with van der Waals surface area (Å²) in [4.78, 5) is 14.6. The Balaban J connectivity index is 2.78. The van der Waals surface area contributed by atoms with Gasteiger partial charge in [-0.1, -0.05) is 0 Å². The SMILES string of the molecule is C[C@H](N)C(=O)c1ncco1. The maximum absolute atomic E-state index is 10.9. The fourth-order valence-electron chi connectivity index (χ4n) is 0.540. The zero-order valence-electron chi connectivity index (χ0n) is 5.57. The zero-order chi connectivity index (χ0) is 7.56. The minimum atomic E-state index is -0.543. The van der Waals surface area contributed by atoms with Gasteiger partial charge in [-0.3, -0.25) is 4.79 Å². The van der Waals surface area contributed by atoms with Crippen molar-refractivity contribution in [3.8, 4) is 0 Å². The van der Waals surface area contributed by atoms with Crippen molar-refractivity contribution >= 4 is 5.78 Å². The molecule has 10 heavy (non-hydrogen) atoms. The van der Waals surface area contributed by atoms with Crippen LogP contribution in [-0.4, -0.2) is 16.8 Å². The van der Waals surface area contributed by atoms with Crippen molar-refractivity contribution < 1.29 is 9.21 Å². The largest absolute Gasteiger partial charge is 0.442 e. The van der Waals surface area contributed by atoms with E-state index in [9.17, 15) is 4.79 Å². The lowest BCUT2D eigenvalue weighted by molar-refractivity contribution is 0.0934. The Bertz CT molecular complexity index is 216. The Hall–Kier alpha value is -1.16. The van der Waals surface area contributed by atoms with Crippen molar-refractivity contribution in [1.82, 2.24) is 4.98 Å². The molecule has 1 atom stereocenters. The fourth-order valence-corrected chi connectivity index (χ4v) is 0.540. The Kier molecular flexibility index (Phi) is 1.82. The number of oxazole rings is 1. The average Bonchev–Trinajstić information content (AvgIpc) is 2.36. The van der Waals surface area contributed by atoms with Crippen LogP contribution >= 0.6 is 0 Å². The predicted octanol–water partition coefficient (Wildman–Crippen LogP) is 0.204. The number of hydrogen-bond acceptors (Lipinski definition) is 4. The molecule has 0 aromatic carbocycles. The summed E-state index contributed by atoms with van der Waals surface area (Å²) in [6.45, 7) is 1.59. The van der Waals surface area contributed by atoms with E-state index >= 15 is 0 Å². The summed E-state index contributed by atoms with van der Waals surface area (Å²) in [7, 11) is 0. The number of carbonyl (C=O) groups is 1. The Morgan fingerprint density at radius 1 is 1.90 bits per heavy atom. The van der Waals surface area contributed by atoms with Crippen molar-refractivity contribution in [2.45, 2.75) is 13.0 Å². The third-order valence-corrected chi connectivity index (χ3v) is 1.06. The molecule has 0 amide bonds. The minimum Gasteiger partial charge on any atom is -0.442 e. The van der Waals surface area contributed by atoms with Crippen LogP contribution in [0.15, 0.2) is 16.9 Å². The molecule has 0 fully saturated rings. The molecule has 1 aromatic rings. The lowest BCUT2D eigenvalue weighted by atomic mass is 10.2. The van der Waals surface area contributed by atoms with Crippen LogP contribution in [0.3, 0.4) is 0 Å². The number of aromatic nitrogens is 1. The Morgan fingerprint density at radius 2 is 2.60 bits per heavy atom. The first kappa shape index (κ1) is 6.95. The van der Waals surface area contributed by atoms with E-state index in [2.05, 4.69) is 4.98 Å². The highest BCUT2D eigenvalue weighted by molar-refractivity contribution is 5.95. The minimum absolute atomic E-state index is 0.0787. The summed E-state index contributed by atoms with van der Waals surface area (Å²) >= 11 is 0. The molecule has 54 valence electrons. The summed E-state index contributed by atoms with van der Waals surface area (Å²) in [5.74, 6) is -0.194. The first-order valence-corrected chi connectivity index (χ1v) is 2.91. The molecule has 1 aromatic heterocycles. The van der Waals surface area contributed by atoms with Gasteiger partial charge in [0.15, 0.2) is 0 Å². The van der Waals surface area contributed by atoms with Crippen LogP contribution in [-0.2, 0) is 0 Å². The van der Waals surface area contributed by atoms with Gasteiger partial charge in [-0.2, -0.15) is 0 Å². The number of ketones is 1. The van der Waals surface area contributed by atoms with Gasteiger partial charge in [0, 0.05) is 0 Å². The molecule has 1 heterocycles. The van der Waals surface area contributed by atoms with E-state index in [0.29, 0.717) is 0 Å². The molecule has 1 rings (SSSR count). The second-order valence-corrected chi connectivity index (χ2v) is 1.99. The van der Waals surface area contributed by atoms with Gasteiger partial charge in [-0.05, 0) is 6.92 Å². The third kappa shape index (κ3) is 1.22. The molecule has 0 radical (unpaired) electrons. The number of nitrogens with zero attached hydrogens (tertiary/aromatic N) is 1. The third-order valence-electron chi connectivity index (χ3n) is 1.06. The first-order chi connectivity index (χ1) is 4.72. The van der Waals surface area contributed by atoms with Gasteiger partial charge in [0.05, 0.1) is 12.2 Å². The van der Waals surface area contributed by atoms with Gasteiger partial charge in [-0.15, -0.1) is 0 Å². The highest BCUT2D eigenvalue weighted by Crippen LogP contribution is 1.97. The van der Waals surface area contributed by atoms with E-state index in [1.165, 1.54) is 12.5 Å². The highest BCUT2D eigenvalue weighted by atomic mass is 16.3. The van der Waals surface area contributed by atoms with Gasteiger partial charge < -0.3 is 10.2 Å². The molecule has 0 saturated carbocycles. The number of rotatable bonds is 2. The van der Waals surface area contributed by atoms with Crippen LogP contribution in [0.1, 0.15) is 17.6 Å². The molecule has 0 spiro atoms. The molecule has 0 unspecified atom stereocenters. The summed E-state index contributed by atoms with van der Waals surface area (Å²) in [5, 5.41) is 0. The van der Waals surface area contributed by atoms with E-state index in [1.54, 1.807) is 6.92 Å². The molecule has 0 bridgehead atoms. The van der Waals surface area contributed by atoms with Crippen molar-refractivity contribution in [2.75, 3.05) is 0 Å². The summed E-state index contributed by atoms with van der Waals surface area (Å²) < 4.78 is 4.72. The summed E-state index contributed by atoms with van der Waals surface area (Å²) in [5.41, 5.74) is 5.28. The topological polar surface area (TPSA) is 69.1 Å². The van der Waals surface area contributed by atoms with Gasteiger partial charge in [0.25, 0.3) is 5.89 Å². The quantitative estimate of drug-likeness (QED) is 0.596. The lowest BCUT2D eigenvalue weighted by Crippen LogP contribution is -2.26. The lowest BCUT2D eigenvalue weighted by Gasteiger charge is -1.96. The Morgan fingerprint density at radius 3 is 3.00 bits per heavy atom. The van der Waals surface area contributed by atoms with E-state index in [0.717, 1.165) is 0 Å². The number of nitrogens with two attached hydrogens (primary N) is 1. The van der Waals surface area contributed by atoms with E-state index in [4.69, 9.17) is 10.2 Å². The average molecular weight is 140 g/mol. The van der Waals surface area contributed by atoms with Gasteiger partial charge in [-0.25, -0.2) is 4.98 Å². The van der Waals surface area contributed by atoms with Crippen molar-refractivity contribution in [2.24, 2.45) is 5.73 Å². The molecule has 4 heteroatoms. The van der Waals surface area contributed by atoms with Crippen LogP contribution in [0, 0.1) is 0 Å². The second kappa shape index (κ2) is 2.62. The molecule has 0 aliphatic rings. The molecule has 4 nitrogen and oxygen atoms in total. The van der Waals surface area contributed by atoms with E-state index in [1.807, 2.05) is 0 Å². The van der Waals surface area contributed by atoms with Gasteiger partial charge in [0.1, 0.15) is 6.26 Å². The molecule has 0 aliphatic carbocycles. The van der Waals surface area contributed by atoms with Crippen molar-refractivity contribution in [3.05, 3.63) is 18.4 Å². The number of carbonyl (C=O) groups excluding carboxylic acids is 1. The number of hydrogen-bond donors (Lipinski definition) is 1. The molecular weight excluding hydrogens is 132 g/mol. The second-order valence-electron chi connectivity index (χ2n) is 1.99. The van der Waals surface area contributed by atoms with E-state index in [-0.39, 0.29) is 11.7 Å². The maximum Gasteiger partial charge on any atom is 0.264 e. The van der Waals surface area contributed by atoms with Crippen LogP contribution in [0.4, 0.5) is 0 Å². The van der Waals surface area contributed by atoms with Crippen LogP contribution in [0.25, 0.3) is 0 Å².